The van der Waals surface area contributed by atoms with E-state index < -0.39 is 10.0 Å². The summed E-state index contributed by atoms with van der Waals surface area (Å²) in [6, 6.07) is 10.3. The molecule has 7 heteroatoms. The Balaban J connectivity index is 1.49. The van der Waals surface area contributed by atoms with Crippen LogP contribution in [0.3, 0.4) is 0 Å². The van der Waals surface area contributed by atoms with Crippen molar-refractivity contribution in [3.05, 3.63) is 47.3 Å². The van der Waals surface area contributed by atoms with E-state index in [-0.39, 0.29) is 11.8 Å². The van der Waals surface area contributed by atoms with Crippen LogP contribution in [0.4, 0.5) is 0 Å². The second-order valence-corrected chi connectivity index (χ2v) is 10.3. The summed E-state index contributed by atoms with van der Waals surface area (Å²) in [5.74, 6) is 0.971. The van der Waals surface area contributed by atoms with Gasteiger partial charge in [-0.3, -0.25) is 4.90 Å². The molecule has 28 heavy (non-hydrogen) atoms. The van der Waals surface area contributed by atoms with Crippen molar-refractivity contribution in [1.29, 1.82) is 0 Å². The second-order valence-electron chi connectivity index (χ2n) is 8.24. The van der Waals surface area contributed by atoms with Crippen LogP contribution in [-0.2, 0) is 16.6 Å². The summed E-state index contributed by atoms with van der Waals surface area (Å²) in [7, 11) is -3.14. The lowest BCUT2D eigenvalue weighted by Crippen LogP contribution is -2.52. The fourth-order valence-electron chi connectivity index (χ4n) is 4.88. The lowest BCUT2D eigenvalue weighted by Gasteiger charge is -2.38. The van der Waals surface area contributed by atoms with E-state index in [2.05, 4.69) is 35.6 Å². The topological polar surface area (TPSA) is 67.2 Å². The molecule has 2 atom stereocenters. The summed E-state index contributed by atoms with van der Waals surface area (Å²) < 4.78 is 29.1. The number of fused-ring (bicyclic) bond motifs is 2. The number of hydrogen-bond acceptors (Lipinski definition) is 4. The number of piperidine rings is 1. The maximum Gasteiger partial charge on any atom is 0.211 e. The summed E-state index contributed by atoms with van der Waals surface area (Å²) in [5.41, 5.74) is 4.63. The van der Waals surface area contributed by atoms with Crippen LogP contribution >= 0.6 is 0 Å². The zero-order valence-corrected chi connectivity index (χ0v) is 17.7. The third kappa shape index (κ3) is 3.75. The Labute approximate surface area is 168 Å². The van der Waals surface area contributed by atoms with Gasteiger partial charge < -0.3 is 0 Å². The molecular weight excluding hydrogens is 372 g/mol. The lowest BCUT2D eigenvalue weighted by molar-refractivity contribution is 0.133. The van der Waals surface area contributed by atoms with E-state index in [4.69, 9.17) is 5.10 Å². The number of benzene rings is 1. The van der Waals surface area contributed by atoms with Gasteiger partial charge in [-0.05, 0) is 57.6 Å². The van der Waals surface area contributed by atoms with Crippen LogP contribution in [0.1, 0.15) is 36.7 Å². The summed E-state index contributed by atoms with van der Waals surface area (Å²) in [6.45, 7) is 8.70. The molecular formula is C21H30N4O2S. The first-order chi connectivity index (χ1) is 13.4. The molecule has 0 radical (unpaired) electrons. The molecule has 2 aliphatic rings. The molecule has 6 nitrogen and oxygen atoms in total. The molecule has 1 aromatic carbocycles. The van der Waals surface area contributed by atoms with Crippen molar-refractivity contribution in [2.75, 3.05) is 18.8 Å². The molecule has 4 rings (SSSR count). The van der Waals surface area contributed by atoms with E-state index in [0.717, 1.165) is 43.9 Å². The molecule has 1 aliphatic carbocycles. The van der Waals surface area contributed by atoms with Crippen molar-refractivity contribution in [2.24, 2.45) is 11.8 Å². The quantitative estimate of drug-likeness (QED) is 0.807. The minimum absolute atomic E-state index is 0.107. The maximum absolute atomic E-state index is 12.1. The van der Waals surface area contributed by atoms with Gasteiger partial charge in [0, 0.05) is 36.9 Å². The minimum atomic E-state index is -3.14. The van der Waals surface area contributed by atoms with Crippen molar-refractivity contribution in [2.45, 2.75) is 46.2 Å². The molecule has 152 valence electrons. The van der Waals surface area contributed by atoms with Gasteiger partial charge >= 0.3 is 0 Å². The van der Waals surface area contributed by atoms with Gasteiger partial charge in [0.15, 0.2) is 0 Å². The number of hydrogen-bond donors (Lipinski definition) is 1. The molecule has 2 fully saturated rings. The molecule has 2 bridgehead atoms. The molecule has 1 aliphatic heterocycles. The predicted molar refractivity (Wildman–Crippen MR) is 111 cm³/mol. The van der Waals surface area contributed by atoms with E-state index in [1.807, 2.05) is 22.9 Å². The number of aryl methyl sites for hydroxylation is 1. The van der Waals surface area contributed by atoms with E-state index in [1.54, 1.807) is 6.92 Å². The first-order valence-electron chi connectivity index (χ1n) is 10.2. The molecule has 1 aromatic heterocycles. The van der Waals surface area contributed by atoms with Crippen LogP contribution in [-0.4, -0.2) is 48.0 Å². The standard InChI is InChI=1S/C21H30N4O2S/c1-4-28(26,27)23-21-17-10-11-18(21)13-24(12-17)14-20-15(2)22-25(16(20)3)19-8-6-5-7-9-19/h5-9,17-18,21,23H,4,10-14H2,1-3H3. The fraction of sp³-hybridized carbons (Fsp3) is 0.571. The Bertz CT molecular complexity index is 925. The summed E-state index contributed by atoms with van der Waals surface area (Å²) in [4.78, 5) is 2.49. The number of likely N-dealkylation sites (tertiary alicyclic amines) is 1. The molecule has 2 unspecified atom stereocenters. The normalized spacial score (nSPS) is 25.3. The molecule has 0 amide bonds. The van der Waals surface area contributed by atoms with Crippen molar-refractivity contribution >= 4 is 10.0 Å². The van der Waals surface area contributed by atoms with Crippen molar-refractivity contribution in [3.63, 3.8) is 0 Å². The smallest absolute Gasteiger partial charge is 0.211 e. The SMILES string of the molecule is CCS(=O)(=O)NC1C2CCC1CN(Cc1c(C)nn(-c3ccccc3)c1C)C2. The van der Waals surface area contributed by atoms with E-state index in [0.29, 0.717) is 11.8 Å². The van der Waals surface area contributed by atoms with Crippen molar-refractivity contribution < 1.29 is 8.42 Å². The Hall–Kier alpha value is -1.70. The maximum atomic E-state index is 12.1. The van der Waals surface area contributed by atoms with Gasteiger partial charge in [0.25, 0.3) is 0 Å². The number of aromatic nitrogens is 2. The molecule has 1 N–H and O–H groups in total. The third-order valence-electron chi connectivity index (χ3n) is 6.43. The highest BCUT2D eigenvalue weighted by atomic mass is 32.2. The van der Waals surface area contributed by atoms with Gasteiger partial charge in [0.1, 0.15) is 0 Å². The average Bonchev–Trinajstić information content (AvgIpc) is 3.08. The summed E-state index contributed by atoms with van der Waals surface area (Å²) in [6.07, 6.45) is 2.22. The highest BCUT2D eigenvalue weighted by Gasteiger charge is 2.43. The zero-order chi connectivity index (χ0) is 19.9. The van der Waals surface area contributed by atoms with Crippen molar-refractivity contribution in [3.8, 4) is 5.69 Å². The fourth-order valence-corrected chi connectivity index (χ4v) is 5.85. The molecule has 2 aromatic rings. The Morgan fingerprint density at radius 2 is 1.75 bits per heavy atom. The van der Waals surface area contributed by atoms with Gasteiger partial charge in [0.2, 0.25) is 10.0 Å². The van der Waals surface area contributed by atoms with Crippen LogP contribution in [0.25, 0.3) is 5.69 Å². The lowest BCUT2D eigenvalue weighted by atomic mass is 9.92. The van der Waals surface area contributed by atoms with Crippen LogP contribution in [0, 0.1) is 25.7 Å². The Morgan fingerprint density at radius 3 is 2.36 bits per heavy atom. The predicted octanol–water partition coefficient (Wildman–Crippen LogP) is 2.64. The van der Waals surface area contributed by atoms with Crippen LogP contribution in [0.2, 0.25) is 0 Å². The monoisotopic (exact) mass is 402 g/mol. The number of para-hydroxylation sites is 1. The van der Waals surface area contributed by atoms with Crippen LogP contribution in [0.15, 0.2) is 30.3 Å². The van der Waals surface area contributed by atoms with Gasteiger partial charge in [0.05, 0.1) is 17.1 Å². The minimum Gasteiger partial charge on any atom is -0.298 e. The Morgan fingerprint density at radius 1 is 1.11 bits per heavy atom. The number of rotatable bonds is 6. The number of sulfonamides is 1. The van der Waals surface area contributed by atoms with Crippen molar-refractivity contribution in [1.82, 2.24) is 19.4 Å². The van der Waals surface area contributed by atoms with Gasteiger partial charge in [-0.15, -0.1) is 0 Å². The van der Waals surface area contributed by atoms with Crippen LogP contribution < -0.4 is 4.72 Å². The first-order valence-corrected chi connectivity index (χ1v) is 11.9. The highest BCUT2D eigenvalue weighted by molar-refractivity contribution is 7.89. The highest BCUT2D eigenvalue weighted by Crippen LogP contribution is 2.38. The van der Waals surface area contributed by atoms with Gasteiger partial charge in [-0.2, -0.15) is 5.10 Å². The Kier molecular flexibility index (Phi) is 5.33. The van der Waals surface area contributed by atoms with E-state index in [1.165, 1.54) is 11.3 Å². The second kappa shape index (κ2) is 7.61. The van der Waals surface area contributed by atoms with E-state index >= 15 is 0 Å². The van der Waals surface area contributed by atoms with Gasteiger partial charge in [-0.25, -0.2) is 17.8 Å². The summed E-state index contributed by atoms with van der Waals surface area (Å²) in [5, 5.41) is 4.77. The van der Waals surface area contributed by atoms with Crippen LogP contribution in [0.5, 0.6) is 0 Å². The first kappa shape index (κ1) is 19.6. The number of nitrogens with zero attached hydrogens (tertiary/aromatic N) is 3. The molecule has 1 saturated heterocycles. The molecule has 2 heterocycles. The third-order valence-corrected chi connectivity index (χ3v) is 7.82. The summed E-state index contributed by atoms with van der Waals surface area (Å²) >= 11 is 0. The average molecular weight is 403 g/mol. The number of nitrogens with one attached hydrogen (secondary N) is 1. The largest absolute Gasteiger partial charge is 0.298 e. The van der Waals surface area contributed by atoms with E-state index in [9.17, 15) is 8.42 Å². The van der Waals surface area contributed by atoms with Gasteiger partial charge in [-0.1, -0.05) is 18.2 Å². The molecule has 0 spiro atoms. The molecule has 1 saturated carbocycles. The zero-order valence-electron chi connectivity index (χ0n) is 16.9.